The Hall–Kier alpha value is -2.97. The van der Waals surface area contributed by atoms with Crippen LogP contribution < -0.4 is 5.32 Å². The fourth-order valence-electron chi connectivity index (χ4n) is 4.03. The molecule has 29 heavy (non-hydrogen) atoms. The van der Waals surface area contributed by atoms with Gasteiger partial charge < -0.3 is 10.2 Å². The van der Waals surface area contributed by atoms with E-state index in [-0.39, 0.29) is 24.2 Å². The molecule has 1 aromatic carbocycles. The number of nitro benzene ring substituents is 1. The number of hydrogen-bond acceptors (Lipinski definition) is 5. The van der Waals surface area contributed by atoms with Gasteiger partial charge in [-0.25, -0.2) is 4.79 Å². The average molecular weight is 402 g/mol. The van der Waals surface area contributed by atoms with E-state index in [0.717, 1.165) is 30.6 Å². The number of non-ortho nitro benzene ring substituents is 1. The Labute approximate surface area is 169 Å². The highest BCUT2D eigenvalue weighted by atomic mass is 16.6. The second-order valence-corrected chi connectivity index (χ2v) is 8.17. The van der Waals surface area contributed by atoms with Crippen LogP contribution in [0.5, 0.6) is 0 Å². The summed E-state index contributed by atoms with van der Waals surface area (Å²) in [5, 5.41) is 13.5. The van der Waals surface area contributed by atoms with E-state index in [1.165, 1.54) is 31.2 Å². The minimum Gasteiger partial charge on any atom is -0.341 e. The minimum absolute atomic E-state index is 0.107. The highest BCUT2D eigenvalue weighted by Crippen LogP contribution is 2.31. The van der Waals surface area contributed by atoms with Gasteiger partial charge in [-0.05, 0) is 56.2 Å². The molecule has 2 fully saturated rings. The number of hydrogen-bond donors (Lipinski definition) is 1. The van der Waals surface area contributed by atoms with Crippen LogP contribution in [-0.2, 0) is 15.1 Å². The van der Waals surface area contributed by atoms with Crippen LogP contribution in [0.2, 0.25) is 0 Å². The Balaban J connectivity index is 1.71. The Kier molecular flexibility index (Phi) is 5.59. The number of likely N-dealkylation sites (N-methyl/N-ethyl adjacent to an activating group) is 1. The fraction of sp³-hybridized carbons (Fsp3) is 0.550. The lowest BCUT2D eigenvalue weighted by Gasteiger charge is -2.34. The van der Waals surface area contributed by atoms with Gasteiger partial charge in [0, 0.05) is 25.2 Å². The zero-order chi connectivity index (χ0) is 21.3. The number of nitrogens with one attached hydrogen (secondary N) is 1. The molecule has 9 nitrogen and oxygen atoms in total. The maximum atomic E-state index is 13.0. The lowest BCUT2D eigenvalue weighted by Crippen LogP contribution is -2.47. The summed E-state index contributed by atoms with van der Waals surface area (Å²) in [5.74, 6) is -0.167. The van der Waals surface area contributed by atoms with Crippen LogP contribution in [0.25, 0.3) is 0 Å². The molecule has 1 N–H and O–H groups in total. The summed E-state index contributed by atoms with van der Waals surface area (Å²) >= 11 is 0. The van der Waals surface area contributed by atoms with E-state index in [1.54, 1.807) is 11.9 Å². The first kappa shape index (κ1) is 20.8. The number of nitro groups is 1. The molecule has 0 radical (unpaired) electrons. The zero-order valence-electron chi connectivity index (χ0n) is 16.9. The molecule has 2 aliphatic rings. The summed E-state index contributed by atoms with van der Waals surface area (Å²) in [6.07, 6.45) is 3.96. The van der Waals surface area contributed by atoms with Crippen molar-refractivity contribution >= 4 is 23.5 Å². The molecule has 3 rings (SSSR count). The highest BCUT2D eigenvalue weighted by molar-refractivity contribution is 6.09. The summed E-state index contributed by atoms with van der Waals surface area (Å²) in [6, 6.07) is 4.93. The third-order valence-electron chi connectivity index (χ3n) is 6.15. The van der Waals surface area contributed by atoms with E-state index in [1.807, 2.05) is 0 Å². The first-order valence-electron chi connectivity index (χ1n) is 9.78. The lowest BCUT2D eigenvalue weighted by atomic mass is 9.87. The predicted octanol–water partition coefficient (Wildman–Crippen LogP) is 2.40. The number of urea groups is 1. The van der Waals surface area contributed by atoms with Crippen molar-refractivity contribution < 1.29 is 19.3 Å². The molecule has 1 aliphatic carbocycles. The average Bonchev–Trinajstić information content (AvgIpc) is 2.92. The zero-order valence-corrected chi connectivity index (χ0v) is 16.9. The van der Waals surface area contributed by atoms with E-state index in [9.17, 15) is 24.5 Å². The lowest BCUT2D eigenvalue weighted by molar-refractivity contribution is -0.384. The molecule has 1 aromatic rings. The monoisotopic (exact) mass is 402 g/mol. The summed E-state index contributed by atoms with van der Waals surface area (Å²) in [5.41, 5.74) is -1.05. The van der Waals surface area contributed by atoms with Crippen molar-refractivity contribution in [1.82, 2.24) is 15.1 Å². The largest absolute Gasteiger partial charge is 0.341 e. The van der Waals surface area contributed by atoms with Gasteiger partial charge in [-0.15, -0.1) is 0 Å². The van der Waals surface area contributed by atoms with E-state index in [2.05, 4.69) is 12.2 Å². The van der Waals surface area contributed by atoms with Gasteiger partial charge in [-0.3, -0.25) is 24.6 Å². The van der Waals surface area contributed by atoms with Crippen molar-refractivity contribution in [2.24, 2.45) is 5.92 Å². The predicted molar refractivity (Wildman–Crippen MR) is 105 cm³/mol. The van der Waals surface area contributed by atoms with Crippen molar-refractivity contribution in [3.8, 4) is 0 Å². The van der Waals surface area contributed by atoms with Gasteiger partial charge >= 0.3 is 6.03 Å². The topological polar surface area (TPSA) is 113 Å². The maximum Gasteiger partial charge on any atom is 0.325 e. The second kappa shape index (κ2) is 7.81. The molecular weight excluding hydrogens is 376 g/mol. The first-order valence-corrected chi connectivity index (χ1v) is 9.78. The van der Waals surface area contributed by atoms with Gasteiger partial charge in [0.05, 0.1) is 4.92 Å². The summed E-state index contributed by atoms with van der Waals surface area (Å²) < 4.78 is 0. The van der Waals surface area contributed by atoms with Gasteiger partial charge in [0.1, 0.15) is 12.1 Å². The summed E-state index contributed by atoms with van der Waals surface area (Å²) in [4.78, 5) is 51.0. The van der Waals surface area contributed by atoms with Crippen molar-refractivity contribution in [1.29, 1.82) is 0 Å². The normalized spacial score (nSPS) is 26.9. The van der Waals surface area contributed by atoms with Gasteiger partial charge in [-0.1, -0.05) is 6.92 Å². The van der Waals surface area contributed by atoms with Crippen LogP contribution >= 0.6 is 0 Å². The Morgan fingerprint density at radius 3 is 2.38 bits per heavy atom. The summed E-state index contributed by atoms with van der Waals surface area (Å²) in [6.45, 7) is 3.41. The Bertz CT molecular complexity index is 832. The van der Waals surface area contributed by atoms with Gasteiger partial charge in [0.15, 0.2) is 0 Å². The molecule has 1 saturated heterocycles. The minimum atomic E-state index is -1.37. The summed E-state index contributed by atoms with van der Waals surface area (Å²) in [7, 11) is 1.72. The number of carbonyl (C=O) groups is 3. The van der Waals surface area contributed by atoms with Gasteiger partial charge in [-0.2, -0.15) is 0 Å². The van der Waals surface area contributed by atoms with E-state index in [0.29, 0.717) is 11.5 Å². The molecule has 1 atom stereocenters. The van der Waals surface area contributed by atoms with Crippen LogP contribution in [0.4, 0.5) is 10.5 Å². The number of rotatable bonds is 5. The SMILES string of the molecule is CC1CCC(N(C)C(=O)CN2C(=O)N[C@@](C)(c3ccc([N+](=O)[O-])cc3)C2=O)CC1. The van der Waals surface area contributed by atoms with Crippen LogP contribution in [0.1, 0.15) is 45.1 Å². The molecule has 0 unspecified atom stereocenters. The molecule has 0 bridgehead atoms. The number of carbonyl (C=O) groups excluding carboxylic acids is 3. The smallest absolute Gasteiger partial charge is 0.325 e. The molecule has 1 aliphatic heterocycles. The van der Waals surface area contributed by atoms with Gasteiger partial charge in [0.2, 0.25) is 5.91 Å². The Morgan fingerprint density at radius 2 is 1.83 bits per heavy atom. The maximum absolute atomic E-state index is 13.0. The van der Waals surface area contributed by atoms with Crippen molar-refractivity contribution in [2.45, 2.75) is 51.1 Å². The molecule has 1 heterocycles. The van der Waals surface area contributed by atoms with E-state index in [4.69, 9.17) is 0 Å². The number of imide groups is 1. The number of nitrogens with zero attached hydrogens (tertiary/aromatic N) is 3. The molecule has 156 valence electrons. The van der Waals surface area contributed by atoms with Crippen molar-refractivity contribution in [3.05, 3.63) is 39.9 Å². The molecule has 0 aromatic heterocycles. The van der Waals surface area contributed by atoms with Crippen LogP contribution in [-0.4, -0.2) is 52.2 Å². The molecular formula is C20H26N4O5. The molecule has 4 amide bonds. The second-order valence-electron chi connectivity index (χ2n) is 8.17. The fourth-order valence-corrected chi connectivity index (χ4v) is 4.03. The van der Waals surface area contributed by atoms with E-state index < -0.39 is 22.4 Å². The molecule has 0 spiro atoms. The standard InChI is InChI=1S/C20H26N4O5/c1-13-4-8-15(9-5-13)22(3)17(25)12-23-18(26)20(2,21-19(23)27)14-6-10-16(11-7-14)24(28)29/h6-7,10-11,13,15H,4-5,8-9,12H2,1-3H3,(H,21,27)/t13?,15?,20-/m0/s1. The van der Waals surface area contributed by atoms with Gasteiger partial charge in [0.25, 0.3) is 11.6 Å². The van der Waals surface area contributed by atoms with Crippen molar-refractivity contribution in [3.63, 3.8) is 0 Å². The quantitative estimate of drug-likeness (QED) is 0.462. The van der Waals surface area contributed by atoms with Crippen molar-refractivity contribution in [2.75, 3.05) is 13.6 Å². The third-order valence-corrected chi connectivity index (χ3v) is 6.15. The van der Waals surface area contributed by atoms with Crippen LogP contribution in [0.3, 0.4) is 0 Å². The number of amides is 4. The molecule has 1 saturated carbocycles. The molecule has 9 heteroatoms. The Morgan fingerprint density at radius 1 is 1.24 bits per heavy atom. The number of benzene rings is 1. The first-order chi connectivity index (χ1) is 13.6. The van der Waals surface area contributed by atoms with Crippen LogP contribution in [0.15, 0.2) is 24.3 Å². The van der Waals surface area contributed by atoms with E-state index >= 15 is 0 Å². The third kappa shape index (κ3) is 3.94. The highest BCUT2D eigenvalue weighted by Gasteiger charge is 2.49. The van der Waals surface area contributed by atoms with Crippen LogP contribution in [0, 0.1) is 16.0 Å².